The van der Waals surface area contributed by atoms with E-state index in [0.717, 1.165) is 11.1 Å². The summed E-state index contributed by atoms with van der Waals surface area (Å²) in [4.78, 5) is 12.4. The number of rotatable bonds is 3. The topological polar surface area (TPSA) is 75.3 Å². The average Bonchev–Trinajstić information content (AvgIpc) is 2.81. The highest BCUT2D eigenvalue weighted by atomic mass is 32.2. The molecule has 126 valence electrons. The predicted molar refractivity (Wildman–Crippen MR) is 95.7 cm³/mol. The zero-order valence-corrected chi connectivity index (χ0v) is 14.3. The van der Waals surface area contributed by atoms with Crippen LogP contribution in [0, 0.1) is 0 Å². The zero-order chi connectivity index (χ0) is 17.2. The fourth-order valence-electron chi connectivity index (χ4n) is 3.00. The number of amides is 2. The minimum absolute atomic E-state index is 0.0201. The molecule has 1 saturated heterocycles. The van der Waals surface area contributed by atoms with Crippen molar-refractivity contribution in [2.24, 2.45) is 0 Å². The van der Waals surface area contributed by atoms with Crippen LogP contribution in [0.25, 0.3) is 11.1 Å². The van der Waals surface area contributed by atoms with Crippen LogP contribution in [0.1, 0.15) is 13.3 Å². The Labute approximate surface area is 142 Å². The summed E-state index contributed by atoms with van der Waals surface area (Å²) in [6.45, 7) is 1.76. The molecule has 0 radical (unpaired) electrons. The van der Waals surface area contributed by atoms with Crippen LogP contribution in [0.15, 0.2) is 54.6 Å². The van der Waals surface area contributed by atoms with Crippen LogP contribution in [0.5, 0.6) is 0 Å². The van der Waals surface area contributed by atoms with E-state index in [1.165, 1.54) is 0 Å². The molecule has 0 aliphatic carbocycles. The monoisotopic (exact) mass is 344 g/mol. The van der Waals surface area contributed by atoms with Crippen LogP contribution in [0.4, 0.5) is 10.5 Å². The van der Waals surface area contributed by atoms with Crippen molar-refractivity contribution in [1.29, 1.82) is 0 Å². The third-order valence-corrected chi connectivity index (χ3v) is 6.08. The Morgan fingerprint density at radius 3 is 2.38 bits per heavy atom. The Kier molecular flexibility index (Phi) is 4.32. The Balaban J connectivity index is 1.76. The number of benzene rings is 2. The quantitative estimate of drug-likeness (QED) is 0.898. The fourth-order valence-corrected chi connectivity index (χ4v) is 5.09. The number of carbonyl (C=O) groups is 1. The minimum Gasteiger partial charge on any atom is -0.332 e. The van der Waals surface area contributed by atoms with Gasteiger partial charge in [0.25, 0.3) is 0 Å². The summed E-state index contributed by atoms with van der Waals surface area (Å²) in [5.41, 5.74) is 1.89. The molecule has 1 atom stereocenters. The lowest BCUT2D eigenvalue weighted by Gasteiger charge is -2.24. The first kappa shape index (κ1) is 16.5. The van der Waals surface area contributed by atoms with Crippen molar-refractivity contribution < 1.29 is 13.2 Å². The molecule has 3 rings (SSSR count). The summed E-state index contributed by atoms with van der Waals surface area (Å²) in [7, 11) is -3.07. The number of carbonyl (C=O) groups excluding carboxylic acids is 1. The lowest BCUT2D eigenvalue weighted by Crippen LogP contribution is -2.48. The first-order chi connectivity index (χ1) is 11.4. The van der Waals surface area contributed by atoms with E-state index in [-0.39, 0.29) is 11.5 Å². The summed E-state index contributed by atoms with van der Waals surface area (Å²) in [5.74, 6) is 0.0954. The number of urea groups is 1. The Hall–Kier alpha value is -2.34. The second-order valence-corrected chi connectivity index (χ2v) is 8.58. The van der Waals surface area contributed by atoms with E-state index in [4.69, 9.17) is 0 Å². The second kappa shape index (κ2) is 6.28. The van der Waals surface area contributed by atoms with E-state index in [1.807, 2.05) is 54.6 Å². The maximum atomic E-state index is 12.4. The molecule has 1 aliphatic rings. The van der Waals surface area contributed by atoms with Gasteiger partial charge in [-0.15, -0.1) is 0 Å². The molecule has 6 heteroatoms. The van der Waals surface area contributed by atoms with Crippen LogP contribution in [0.2, 0.25) is 0 Å². The van der Waals surface area contributed by atoms with E-state index in [2.05, 4.69) is 10.6 Å². The van der Waals surface area contributed by atoms with Crippen molar-refractivity contribution in [3.05, 3.63) is 54.6 Å². The summed E-state index contributed by atoms with van der Waals surface area (Å²) in [5, 5.41) is 5.65. The first-order valence-electron chi connectivity index (χ1n) is 7.81. The number of nitrogens with one attached hydrogen (secondary N) is 2. The smallest absolute Gasteiger partial charge is 0.319 e. The minimum atomic E-state index is -3.07. The lowest BCUT2D eigenvalue weighted by molar-refractivity contribution is 0.242. The lowest BCUT2D eigenvalue weighted by atomic mass is 10.0. The molecule has 0 spiro atoms. The fraction of sp³-hybridized carbons (Fsp3) is 0.278. The van der Waals surface area contributed by atoms with E-state index < -0.39 is 21.4 Å². The number of hydrogen-bond acceptors (Lipinski definition) is 3. The summed E-state index contributed by atoms with van der Waals surface area (Å²) >= 11 is 0. The molecular weight excluding hydrogens is 324 g/mol. The molecule has 0 aromatic heterocycles. The van der Waals surface area contributed by atoms with Crippen molar-refractivity contribution in [3.63, 3.8) is 0 Å². The average molecular weight is 344 g/mol. The van der Waals surface area contributed by atoms with Crippen molar-refractivity contribution >= 4 is 21.6 Å². The van der Waals surface area contributed by atoms with Crippen molar-refractivity contribution in [2.75, 3.05) is 16.8 Å². The molecule has 1 heterocycles. The molecule has 2 amide bonds. The highest BCUT2D eigenvalue weighted by Gasteiger charge is 2.39. The molecule has 0 bridgehead atoms. The van der Waals surface area contributed by atoms with Gasteiger partial charge in [0.1, 0.15) is 0 Å². The summed E-state index contributed by atoms with van der Waals surface area (Å²) in [6, 6.07) is 16.9. The van der Waals surface area contributed by atoms with Gasteiger partial charge in [0, 0.05) is 5.56 Å². The SMILES string of the molecule is C[C@@]1(NC(=O)Nc2ccccc2-c2ccccc2)CCS(=O)(=O)C1. The molecular formula is C18H20N2O3S. The largest absolute Gasteiger partial charge is 0.332 e. The molecule has 0 saturated carbocycles. The van der Waals surface area contributed by atoms with Gasteiger partial charge in [0.05, 0.1) is 22.7 Å². The Morgan fingerprint density at radius 1 is 1.04 bits per heavy atom. The number of sulfone groups is 1. The molecule has 24 heavy (non-hydrogen) atoms. The normalized spacial score (nSPS) is 22.0. The van der Waals surface area contributed by atoms with Gasteiger partial charge >= 0.3 is 6.03 Å². The van der Waals surface area contributed by atoms with Gasteiger partial charge in [-0.3, -0.25) is 0 Å². The van der Waals surface area contributed by atoms with Crippen LogP contribution < -0.4 is 10.6 Å². The molecule has 2 N–H and O–H groups in total. The van der Waals surface area contributed by atoms with Crippen molar-refractivity contribution in [1.82, 2.24) is 5.32 Å². The van der Waals surface area contributed by atoms with Gasteiger partial charge in [0.15, 0.2) is 9.84 Å². The zero-order valence-electron chi connectivity index (χ0n) is 13.5. The molecule has 1 aliphatic heterocycles. The maximum absolute atomic E-state index is 12.4. The third-order valence-electron chi connectivity index (χ3n) is 4.18. The molecule has 0 unspecified atom stereocenters. The van der Waals surface area contributed by atoms with Crippen LogP contribution in [-0.4, -0.2) is 31.5 Å². The number of para-hydroxylation sites is 1. The van der Waals surface area contributed by atoms with E-state index >= 15 is 0 Å². The van der Waals surface area contributed by atoms with Gasteiger partial charge < -0.3 is 10.6 Å². The summed E-state index contributed by atoms with van der Waals surface area (Å²) in [6.07, 6.45) is 0.434. The van der Waals surface area contributed by atoms with Gasteiger partial charge in [-0.2, -0.15) is 0 Å². The highest BCUT2D eigenvalue weighted by molar-refractivity contribution is 7.91. The standard InChI is InChI=1S/C18H20N2O3S/c1-18(11-12-24(22,23)13-18)20-17(21)19-16-10-6-5-9-15(16)14-7-3-2-4-8-14/h2-10H,11-13H2,1H3,(H2,19,20,21)/t18-/m1/s1. The first-order valence-corrected chi connectivity index (χ1v) is 9.63. The van der Waals surface area contributed by atoms with E-state index in [9.17, 15) is 13.2 Å². The van der Waals surface area contributed by atoms with Crippen LogP contribution in [-0.2, 0) is 9.84 Å². The van der Waals surface area contributed by atoms with Gasteiger partial charge in [-0.05, 0) is 25.0 Å². The van der Waals surface area contributed by atoms with E-state index in [0.29, 0.717) is 12.1 Å². The number of anilines is 1. The Bertz CT molecular complexity index is 850. The van der Waals surface area contributed by atoms with Crippen LogP contribution in [0.3, 0.4) is 0 Å². The van der Waals surface area contributed by atoms with Gasteiger partial charge in [-0.1, -0.05) is 48.5 Å². The van der Waals surface area contributed by atoms with Gasteiger partial charge in [0.2, 0.25) is 0 Å². The Morgan fingerprint density at radius 2 is 1.71 bits per heavy atom. The second-order valence-electron chi connectivity index (χ2n) is 6.39. The molecule has 2 aromatic rings. The maximum Gasteiger partial charge on any atom is 0.319 e. The highest BCUT2D eigenvalue weighted by Crippen LogP contribution is 2.28. The predicted octanol–water partition coefficient (Wildman–Crippen LogP) is 3.05. The molecule has 1 fully saturated rings. The van der Waals surface area contributed by atoms with Gasteiger partial charge in [-0.25, -0.2) is 13.2 Å². The van der Waals surface area contributed by atoms with Crippen LogP contribution >= 0.6 is 0 Å². The third kappa shape index (κ3) is 3.76. The number of hydrogen-bond donors (Lipinski definition) is 2. The van der Waals surface area contributed by atoms with Crippen molar-refractivity contribution in [3.8, 4) is 11.1 Å². The van der Waals surface area contributed by atoms with Crippen molar-refractivity contribution in [2.45, 2.75) is 18.9 Å². The molecule has 5 nitrogen and oxygen atoms in total. The summed E-state index contributed by atoms with van der Waals surface area (Å²) < 4.78 is 23.3. The van der Waals surface area contributed by atoms with E-state index in [1.54, 1.807) is 6.92 Å². The molecule has 2 aromatic carbocycles.